The number of hydrogen-bond acceptors (Lipinski definition) is 6. The van der Waals surface area contributed by atoms with Gasteiger partial charge in [0.2, 0.25) is 0 Å². The van der Waals surface area contributed by atoms with E-state index < -0.39 is 17.3 Å². The van der Waals surface area contributed by atoms with Crippen LogP contribution in [0.1, 0.15) is 59.4 Å². The van der Waals surface area contributed by atoms with Gasteiger partial charge in [-0.1, -0.05) is 0 Å². The molecule has 1 atom stereocenters. The number of carbonyl (C=O) groups is 2. The number of nitrogens with one attached hydrogen (secondary N) is 1. The van der Waals surface area contributed by atoms with Crippen molar-refractivity contribution in [3.05, 3.63) is 23.8 Å². The fourth-order valence-corrected chi connectivity index (χ4v) is 2.47. The lowest BCUT2D eigenvalue weighted by atomic mass is 9.94. The molecular weight excluding hydrogens is 348 g/mol. The zero-order valence-electron chi connectivity index (χ0n) is 17.3. The highest BCUT2D eigenvalue weighted by molar-refractivity contribution is 5.72. The number of esters is 1. The first-order valence-electron chi connectivity index (χ1n) is 8.93. The number of alkyl carbamates (subject to hydrolysis) is 1. The summed E-state index contributed by atoms with van der Waals surface area (Å²) in [6, 6.07) is 5.19. The molecule has 0 aliphatic heterocycles. The van der Waals surface area contributed by atoms with Gasteiger partial charge in [-0.3, -0.25) is 4.79 Å². The lowest BCUT2D eigenvalue weighted by molar-refractivity contribution is -0.155. The van der Waals surface area contributed by atoms with Gasteiger partial charge in [-0.25, -0.2) is 4.79 Å². The van der Waals surface area contributed by atoms with Gasteiger partial charge in [-0.2, -0.15) is 0 Å². The smallest absolute Gasteiger partial charge is 0.407 e. The number of nitrogens with two attached hydrogens (primary N) is 1. The van der Waals surface area contributed by atoms with E-state index in [1.165, 1.54) is 0 Å². The normalized spacial score (nSPS) is 12.9. The van der Waals surface area contributed by atoms with Gasteiger partial charge in [-0.05, 0) is 59.7 Å². The minimum Gasteiger partial charge on any atom is -0.496 e. The Bertz CT molecular complexity index is 659. The number of carbonyl (C=O) groups excluding carboxylic acids is 2. The van der Waals surface area contributed by atoms with Gasteiger partial charge in [0, 0.05) is 23.7 Å². The number of methoxy groups -OCH3 is 1. The molecule has 0 saturated carbocycles. The molecule has 0 spiro atoms. The van der Waals surface area contributed by atoms with Gasteiger partial charge >= 0.3 is 12.1 Å². The van der Waals surface area contributed by atoms with Gasteiger partial charge in [0.25, 0.3) is 0 Å². The fourth-order valence-electron chi connectivity index (χ4n) is 2.47. The number of ether oxygens (including phenoxy) is 3. The maximum absolute atomic E-state index is 12.4. The predicted molar refractivity (Wildman–Crippen MR) is 105 cm³/mol. The van der Waals surface area contributed by atoms with E-state index in [0.29, 0.717) is 11.4 Å². The molecule has 3 N–H and O–H groups in total. The summed E-state index contributed by atoms with van der Waals surface area (Å²) in [6.07, 6.45) is -0.494. The highest BCUT2D eigenvalue weighted by Gasteiger charge is 2.25. The molecule has 1 aromatic carbocycles. The summed E-state index contributed by atoms with van der Waals surface area (Å²) in [5, 5.41) is 2.71. The van der Waals surface area contributed by atoms with Crippen LogP contribution in [0.15, 0.2) is 18.2 Å². The molecule has 0 heterocycles. The van der Waals surface area contributed by atoms with Crippen LogP contribution in [0.2, 0.25) is 0 Å². The number of hydrogen-bond donors (Lipinski definition) is 2. The Morgan fingerprint density at radius 2 is 1.67 bits per heavy atom. The summed E-state index contributed by atoms with van der Waals surface area (Å²) in [6.45, 7) is 10.9. The number of benzene rings is 1. The third-order valence-corrected chi connectivity index (χ3v) is 3.42. The van der Waals surface area contributed by atoms with Gasteiger partial charge in [0.1, 0.15) is 17.0 Å². The SMILES string of the molecule is COc1ccc(N)cc1C(CNC(=O)OC(C)(C)C)CC(=O)OC(C)(C)C. The highest BCUT2D eigenvalue weighted by atomic mass is 16.6. The third kappa shape index (κ3) is 8.66. The third-order valence-electron chi connectivity index (χ3n) is 3.42. The molecule has 0 bridgehead atoms. The van der Waals surface area contributed by atoms with Crippen molar-refractivity contribution in [1.82, 2.24) is 5.32 Å². The standard InChI is InChI=1S/C20H32N2O5/c1-19(2,3)26-17(23)10-13(12-22-18(24)27-20(4,5)6)15-11-14(21)8-9-16(15)25-7/h8-9,11,13H,10,12,21H2,1-7H3,(H,22,24). The Balaban J connectivity index is 3.01. The Labute approximate surface area is 161 Å². The van der Waals surface area contributed by atoms with Crippen LogP contribution in [0.25, 0.3) is 0 Å². The van der Waals surface area contributed by atoms with E-state index in [1.807, 2.05) is 0 Å². The summed E-state index contributed by atoms with van der Waals surface area (Å²) in [5.41, 5.74) is 5.96. The zero-order chi connectivity index (χ0) is 20.8. The Hall–Kier alpha value is -2.44. The van der Waals surface area contributed by atoms with E-state index >= 15 is 0 Å². The van der Waals surface area contributed by atoms with Crippen molar-refractivity contribution in [2.75, 3.05) is 19.4 Å². The molecule has 0 radical (unpaired) electrons. The van der Waals surface area contributed by atoms with Crippen LogP contribution in [0, 0.1) is 0 Å². The minimum atomic E-state index is -0.611. The van der Waals surface area contributed by atoms with Crippen LogP contribution in [-0.4, -0.2) is 36.9 Å². The quantitative estimate of drug-likeness (QED) is 0.577. The summed E-state index contributed by atoms with van der Waals surface area (Å²) < 4.78 is 16.1. The minimum absolute atomic E-state index is 0.0624. The molecule has 0 aliphatic rings. The summed E-state index contributed by atoms with van der Waals surface area (Å²) in [4.78, 5) is 24.4. The highest BCUT2D eigenvalue weighted by Crippen LogP contribution is 2.31. The number of amides is 1. The van der Waals surface area contributed by atoms with Gasteiger partial charge < -0.3 is 25.3 Å². The molecule has 1 amide bonds. The van der Waals surface area contributed by atoms with E-state index in [0.717, 1.165) is 5.56 Å². The van der Waals surface area contributed by atoms with Crippen LogP contribution in [0.3, 0.4) is 0 Å². The topological polar surface area (TPSA) is 99.9 Å². The van der Waals surface area contributed by atoms with Crippen molar-refractivity contribution in [2.45, 2.75) is 65.1 Å². The second-order valence-corrected chi connectivity index (χ2v) is 8.37. The Morgan fingerprint density at radius 3 is 2.19 bits per heavy atom. The van der Waals surface area contributed by atoms with Crippen LogP contribution in [0.4, 0.5) is 10.5 Å². The van der Waals surface area contributed by atoms with Crippen LogP contribution in [-0.2, 0) is 14.3 Å². The monoisotopic (exact) mass is 380 g/mol. The molecule has 0 fully saturated rings. The van der Waals surface area contributed by atoms with Gasteiger partial charge in [-0.15, -0.1) is 0 Å². The van der Waals surface area contributed by atoms with E-state index in [4.69, 9.17) is 19.9 Å². The van der Waals surface area contributed by atoms with E-state index in [1.54, 1.807) is 66.9 Å². The van der Waals surface area contributed by atoms with E-state index in [2.05, 4.69) is 5.32 Å². The first-order valence-corrected chi connectivity index (χ1v) is 8.93. The first kappa shape index (κ1) is 22.6. The van der Waals surface area contributed by atoms with Crippen molar-refractivity contribution in [3.8, 4) is 5.75 Å². The van der Waals surface area contributed by atoms with Crippen LogP contribution >= 0.6 is 0 Å². The summed E-state index contributed by atoms with van der Waals surface area (Å²) in [7, 11) is 1.54. The van der Waals surface area contributed by atoms with Crippen molar-refractivity contribution in [2.24, 2.45) is 0 Å². The number of nitrogen functional groups attached to an aromatic ring is 1. The van der Waals surface area contributed by atoms with Crippen molar-refractivity contribution in [3.63, 3.8) is 0 Å². The largest absolute Gasteiger partial charge is 0.496 e. The molecule has 0 aliphatic carbocycles. The maximum Gasteiger partial charge on any atom is 0.407 e. The van der Waals surface area contributed by atoms with Gasteiger partial charge in [0.05, 0.1) is 13.5 Å². The van der Waals surface area contributed by atoms with Crippen LogP contribution < -0.4 is 15.8 Å². The first-order chi connectivity index (χ1) is 12.3. The summed E-state index contributed by atoms with van der Waals surface area (Å²) >= 11 is 0. The Morgan fingerprint density at radius 1 is 1.07 bits per heavy atom. The lowest BCUT2D eigenvalue weighted by Gasteiger charge is -2.25. The van der Waals surface area contributed by atoms with Crippen LogP contribution in [0.5, 0.6) is 5.75 Å². The van der Waals surface area contributed by atoms with Crippen molar-refractivity contribution >= 4 is 17.7 Å². The molecule has 7 nitrogen and oxygen atoms in total. The summed E-state index contributed by atoms with van der Waals surface area (Å²) in [5.74, 6) is -0.169. The second kappa shape index (κ2) is 8.97. The molecule has 0 aromatic heterocycles. The molecular formula is C20H32N2O5. The number of anilines is 1. The lowest BCUT2D eigenvalue weighted by Crippen LogP contribution is -2.35. The molecule has 1 aromatic rings. The molecule has 1 rings (SSSR count). The average molecular weight is 380 g/mol. The van der Waals surface area contributed by atoms with Gasteiger partial charge in [0.15, 0.2) is 0 Å². The van der Waals surface area contributed by atoms with Crippen molar-refractivity contribution in [1.29, 1.82) is 0 Å². The maximum atomic E-state index is 12.4. The second-order valence-electron chi connectivity index (χ2n) is 8.37. The fraction of sp³-hybridized carbons (Fsp3) is 0.600. The molecule has 1 unspecified atom stereocenters. The Kier molecular flexibility index (Phi) is 7.51. The number of rotatable bonds is 6. The molecule has 0 saturated heterocycles. The zero-order valence-corrected chi connectivity index (χ0v) is 17.3. The molecule has 27 heavy (non-hydrogen) atoms. The van der Waals surface area contributed by atoms with Crippen molar-refractivity contribution < 1.29 is 23.8 Å². The molecule has 7 heteroatoms. The predicted octanol–water partition coefficient (Wildman–Crippen LogP) is 3.62. The van der Waals surface area contributed by atoms with E-state index in [9.17, 15) is 9.59 Å². The average Bonchev–Trinajstić information content (AvgIpc) is 2.47. The molecule has 152 valence electrons. The van der Waals surface area contributed by atoms with E-state index in [-0.39, 0.29) is 24.9 Å².